The molecule has 0 spiro atoms. The molecule has 0 aliphatic heterocycles. The van der Waals surface area contributed by atoms with Crippen LogP contribution in [0.15, 0.2) is 24.3 Å². The maximum atomic E-state index is 3.70. The summed E-state index contributed by atoms with van der Waals surface area (Å²) in [6, 6.07) is 9.09. The van der Waals surface area contributed by atoms with Gasteiger partial charge in [-0.15, -0.1) is 0 Å². The van der Waals surface area contributed by atoms with Crippen LogP contribution in [0.3, 0.4) is 0 Å². The second-order valence-electron chi connectivity index (χ2n) is 6.14. The van der Waals surface area contributed by atoms with Crippen molar-refractivity contribution in [2.75, 3.05) is 6.54 Å². The predicted molar refractivity (Wildman–Crippen MR) is 80.8 cm³/mol. The van der Waals surface area contributed by atoms with E-state index in [0.29, 0.717) is 6.04 Å². The van der Waals surface area contributed by atoms with Crippen LogP contribution in [0.5, 0.6) is 0 Å². The van der Waals surface area contributed by atoms with Crippen LogP contribution in [0.4, 0.5) is 0 Å². The quantitative estimate of drug-likeness (QED) is 0.776. The molecule has 0 aromatic heterocycles. The molecule has 1 rings (SSSR count). The number of hydrogen-bond acceptors (Lipinski definition) is 1. The molecule has 0 saturated heterocycles. The molecule has 1 aromatic carbocycles. The summed E-state index contributed by atoms with van der Waals surface area (Å²) in [6.45, 7) is 14.9. The van der Waals surface area contributed by atoms with Crippen LogP contribution in [-0.4, -0.2) is 6.54 Å². The van der Waals surface area contributed by atoms with Crippen LogP contribution in [0.25, 0.3) is 0 Å². The molecule has 0 amide bonds. The van der Waals surface area contributed by atoms with Crippen molar-refractivity contribution in [3.8, 4) is 0 Å². The smallest absolute Gasteiger partial charge is 0.0294 e. The summed E-state index contributed by atoms with van der Waals surface area (Å²) >= 11 is 0. The molecule has 0 radical (unpaired) electrons. The molecule has 1 N–H and O–H groups in total. The Hall–Kier alpha value is -0.820. The van der Waals surface area contributed by atoms with E-state index >= 15 is 0 Å². The SMILES string of the molecule is Cc1ccccc1C(C)NCC(C(C)C)C(C)C. The van der Waals surface area contributed by atoms with E-state index < -0.39 is 0 Å². The highest BCUT2D eigenvalue weighted by Gasteiger charge is 2.18. The average Bonchev–Trinajstić information content (AvgIpc) is 2.28. The van der Waals surface area contributed by atoms with E-state index in [1.807, 2.05) is 0 Å². The monoisotopic (exact) mass is 247 g/mol. The van der Waals surface area contributed by atoms with Gasteiger partial charge in [-0.1, -0.05) is 52.0 Å². The topological polar surface area (TPSA) is 12.0 Å². The fourth-order valence-corrected chi connectivity index (χ4v) is 2.74. The number of benzene rings is 1. The van der Waals surface area contributed by atoms with Crippen LogP contribution in [0.1, 0.15) is 51.8 Å². The molecule has 102 valence electrons. The van der Waals surface area contributed by atoms with Gasteiger partial charge in [0.1, 0.15) is 0 Å². The number of hydrogen-bond donors (Lipinski definition) is 1. The van der Waals surface area contributed by atoms with Gasteiger partial charge in [-0.3, -0.25) is 0 Å². The first-order chi connectivity index (χ1) is 8.43. The van der Waals surface area contributed by atoms with Crippen LogP contribution in [-0.2, 0) is 0 Å². The summed E-state index contributed by atoms with van der Waals surface area (Å²) in [6.07, 6.45) is 0. The van der Waals surface area contributed by atoms with Crippen molar-refractivity contribution >= 4 is 0 Å². The molecule has 0 aliphatic rings. The highest BCUT2D eigenvalue weighted by atomic mass is 14.9. The second kappa shape index (κ2) is 6.94. The number of aryl methyl sites for hydroxylation is 1. The summed E-state index contributed by atoms with van der Waals surface area (Å²) in [5, 5.41) is 3.70. The minimum Gasteiger partial charge on any atom is -0.310 e. The highest BCUT2D eigenvalue weighted by molar-refractivity contribution is 5.28. The van der Waals surface area contributed by atoms with Gasteiger partial charge in [-0.25, -0.2) is 0 Å². The molecular formula is C17H29N. The Labute approximate surface area is 113 Å². The van der Waals surface area contributed by atoms with Gasteiger partial charge in [-0.05, 0) is 49.3 Å². The largest absolute Gasteiger partial charge is 0.310 e. The predicted octanol–water partition coefficient (Wildman–Crippen LogP) is 4.57. The van der Waals surface area contributed by atoms with E-state index in [-0.39, 0.29) is 0 Å². The third kappa shape index (κ3) is 4.13. The van der Waals surface area contributed by atoms with Crippen molar-refractivity contribution in [1.82, 2.24) is 5.32 Å². The second-order valence-corrected chi connectivity index (χ2v) is 6.14. The van der Waals surface area contributed by atoms with Crippen molar-refractivity contribution in [2.45, 2.75) is 47.6 Å². The van der Waals surface area contributed by atoms with Gasteiger partial charge in [0.15, 0.2) is 0 Å². The molecule has 0 fully saturated rings. The molecule has 1 aromatic rings. The molecule has 1 nitrogen and oxygen atoms in total. The average molecular weight is 247 g/mol. The minimum absolute atomic E-state index is 0.436. The zero-order chi connectivity index (χ0) is 13.7. The first kappa shape index (κ1) is 15.2. The van der Waals surface area contributed by atoms with Crippen molar-refractivity contribution in [3.63, 3.8) is 0 Å². The van der Waals surface area contributed by atoms with Crippen LogP contribution in [0, 0.1) is 24.7 Å². The Kier molecular flexibility index (Phi) is 5.87. The molecule has 0 saturated carbocycles. The van der Waals surface area contributed by atoms with E-state index in [9.17, 15) is 0 Å². The van der Waals surface area contributed by atoms with Crippen LogP contribution in [0.2, 0.25) is 0 Å². The van der Waals surface area contributed by atoms with Gasteiger partial charge >= 0.3 is 0 Å². The lowest BCUT2D eigenvalue weighted by molar-refractivity contribution is 0.268. The minimum atomic E-state index is 0.436. The summed E-state index contributed by atoms with van der Waals surface area (Å²) in [5.41, 5.74) is 2.80. The normalized spacial score (nSPS) is 13.6. The van der Waals surface area contributed by atoms with Gasteiger partial charge in [0.05, 0.1) is 0 Å². The maximum Gasteiger partial charge on any atom is 0.0294 e. The third-order valence-corrected chi connectivity index (χ3v) is 4.03. The Morgan fingerprint density at radius 1 is 0.944 bits per heavy atom. The van der Waals surface area contributed by atoms with Crippen molar-refractivity contribution < 1.29 is 0 Å². The lowest BCUT2D eigenvalue weighted by atomic mass is 9.85. The molecular weight excluding hydrogens is 218 g/mol. The van der Waals surface area contributed by atoms with Gasteiger partial charge in [-0.2, -0.15) is 0 Å². The van der Waals surface area contributed by atoms with Gasteiger partial charge < -0.3 is 5.32 Å². The molecule has 1 atom stereocenters. The zero-order valence-corrected chi connectivity index (χ0v) is 12.8. The Bertz CT molecular complexity index is 346. The number of rotatable bonds is 6. The molecule has 1 heteroatoms. The first-order valence-electron chi connectivity index (χ1n) is 7.22. The van der Waals surface area contributed by atoms with E-state index in [1.54, 1.807) is 0 Å². The summed E-state index contributed by atoms with van der Waals surface area (Å²) in [5.74, 6) is 2.22. The Morgan fingerprint density at radius 2 is 1.50 bits per heavy atom. The van der Waals surface area contributed by atoms with E-state index in [1.165, 1.54) is 11.1 Å². The summed E-state index contributed by atoms with van der Waals surface area (Å²) < 4.78 is 0. The van der Waals surface area contributed by atoms with Crippen LogP contribution >= 0.6 is 0 Å². The van der Waals surface area contributed by atoms with Crippen molar-refractivity contribution in [3.05, 3.63) is 35.4 Å². The third-order valence-electron chi connectivity index (χ3n) is 4.03. The zero-order valence-electron chi connectivity index (χ0n) is 12.8. The van der Waals surface area contributed by atoms with E-state index in [2.05, 4.69) is 71.1 Å². The lowest BCUT2D eigenvalue weighted by Crippen LogP contribution is -2.31. The molecule has 1 unspecified atom stereocenters. The van der Waals surface area contributed by atoms with E-state index in [4.69, 9.17) is 0 Å². The van der Waals surface area contributed by atoms with Gasteiger partial charge in [0.2, 0.25) is 0 Å². The molecule has 0 bridgehead atoms. The highest BCUT2D eigenvalue weighted by Crippen LogP contribution is 2.22. The summed E-state index contributed by atoms with van der Waals surface area (Å²) in [4.78, 5) is 0. The standard InChI is InChI=1S/C17H29N/c1-12(2)17(13(3)4)11-18-15(6)16-10-8-7-9-14(16)5/h7-10,12-13,15,17-18H,11H2,1-6H3. The molecule has 0 heterocycles. The molecule has 0 aliphatic carbocycles. The van der Waals surface area contributed by atoms with Gasteiger partial charge in [0, 0.05) is 6.04 Å². The van der Waals surface area contributed by atoms with E-state index in [0.717, 1.165) is 24.3 Å². The van der Waals surface area contributed by atoms with Crippen molar-refractivity contribution in [1.29, 1.82) is 0 Å². The fourth-order valence-electron chi connectivity index (χ4n) is 2.74. The first-order valence-corrected chi connectivity index (χ1v) is 7.22. The Morgan fingerprint density at radius 3 is 2.00 bits per heavy atom. The van der Waals surface area contributed by atoms with Crippen LogP contribution < -0.4 is 5.32 Å². The Balaban J connectivity index is 2.60. The van der Waals surface area contributed by atoms with Crippen molar-refractivity contribution in [2.24, 2.45) is 17.8 Å². The van der Waals surface area contributed by atoms with Gasteiger partial charge in [0.25, 0.3) is 0 Å². The molecule has 18 heavy (non-hydrogen) atoms. The number of nitrogens with one attached hydrogen (secondary N) is 1. The maximum absolute atomic E-state index is 3.70. The summed E-state index contributed by atoms with van der Waals surface area (Å²) in [7, 11) is 0. The lowest BCUT2D eigenvalue weighted by Gasteiger charge is -2.27. The fraction of sp³-hybridized carbons (Fsp3) is 0.647.